The number of fused-ring (bicyclic) bond motifs is 2. The van der Waals surface area contributed by atoms with Gasteiger partial charge in [-0.3, -0.25) is 15.0 Å². The number of likely N-dealkylation sites (tertiary alicyclic amines) is 1. The van der Waals surface area contributed by atoms with Gasteiger partial charge in [0.2, 0.25) is 5.91 Å². The van der Waals surface area contributed by atoms with Crippen molar-refractivity contribution in [3.05, 3.63) is 64.1 Å². The molecule has 3 amide bonds. The van der Waals surface area contributed by atoms with E-state index in [1.165, 1.54) is 17.5 Å². The van der Waals surface area contributed by atoms with Crippen LogP contribution >= 0.6 is 22.9 Å². The van der Waals surface area contributed by atoms with Crippen molar-refractivity contribution in [3.8, 4) is 11.5 Å². The number of aromatic nitrogens is 1. The summed E-state index contributed by atoms with van der Waals surface area (Å²) in [6.45, 7) is 5.29. The van der Waals surface area contributed by atoms with Gasteiger partial charge >= 0.3 is 6.03 Å². The molecule has 7 nitrogen and oxygen atoms in total. The Balaban J connectivity index is 1.49. The first-order valence-corrected chi connectivity index (χ1v) is 11.9. The maximum atomic E-state index is 13.2. The summed E-state index contributed by atoms with van der Waals surface area (Å²) < 4.78 is 6.69. The zero-order valence-electron chi connectivity index (χ0n) is 18.3. The number of thiazole rings is 1. The molecule has 1 atom stereocenters. The maximum absolute atomic E-state index is 13.2. The summed E-state index contributed by atoms with van der Waals surface area (Å²) in [4.78, 5) is 33.0. The van der Waals surface area contributed by atoms with Crippen molar-refractivity contribution in [3.63, 3.8) is 0 Å². The number of halogens is 1. The third-order valence-electron chi connectivity index (χ3n) is 6.35. The number of nitrogens with zero attached hydrogens (tertiary/aromatic N) is 3. The number of amides is 3. The average molecular weight is 483 g/mol. The monoisotopic (exact) mass is 482 g/mol. The minimum atomic E-state index is -0.343. The molecule has 0 radical (unpaired) electrons. The van der Waals surface area contributed by atoms with Crippen LogP contribution in [-0.4, -0.2) is 41.5 Å². The molecule has 9 heteroatoms. The average Bonchev–Trinajstić information content (AvgIpc) is 3.48. The van der Waals surface area contributed by atoms with Gasteiger partial charge in [-0.1, -0.05) is 41.1 Å². The lowest BCUT2D eigenvalue weighted by Gasteiger charge is -2.25. The Labute approximate surface area is 200 Å². The third kappa shape index (κ3) is 4.05. The van der Waals surface area contributed by atoms with Gasteiger partial charge in [-0.25, -0.2) is 9.78 Å². The Bertz CT molecular complexity index is 1250. The van der Waals surface area contributed by atoms with Crippen molar-refractivity contribution in [2.24, 2.45) is 0 Å². The second kappa shape index (κ2) is 8.35. The van der Waals surface area contributed by atoms with Crippen LogP contribution in [-0.2, 0) is 10.2 Å². The van der Waals surface area contributed by atoms with Gasteiger partial charge in [-0.15, -0.1) is 0 Å². The highest BCUT2D eigenvalue weighted by Crippen LogP contribution is 2.48. The fourth-order valence-corrected chi connectivity index (χ4v) is 5.45. The predicted octanol–water partition coefficient (Wildman–Crippen LogP) is 5.44. The van der Waals surface area contributed by atoms with Crippen LogP contribution in [0.3, 0.4) is 0 Å². The number of urea groups is 1. The van der Waals surface area contributed by atoms with Gasteiger partial charge in [-0.2, -0.15) is 0 Å². The Hall–Kier alpha value is -3.10. The number of rotatable bonds is 3. The quantitative estimate of drug-likeness (QED) is 0.539. The molecule has 1 fully saturated rings. The van der Waals surface area contributed by atoms with Gasteiger partial charge in [0.1, 0.15) is 15.8 Å². The fourth-order valence-electron chi connectivity index (χ4n) is 4.65. The van der Waals surface area contributed by atoms with Crippen molar-refractivity contribution in [2.75, 3.05) is 29.9 Å². The number of hydrogen-bond donors (Lipinski definition) is 1. The molecule has 0 aliphatic carbocycles. The minimum absolute atomic E-state index is 0.0427. The lowest BCUT2D eigenvalue weighted by molar-refractivity contribution is -0.127. The summed E-state index contributed by atoms with van der Waals surface area (Å²) in [6.07, 6.45) is 2.29. The van der Waals surface area contributed by atoms with Crippen LogP contribution in [0.5, 0.6) is 11.5 Å². The Morgan fingerprint density at radius 2 is 2.03 bits per heavy atom. The maximum Gasteiger partial charge on any atom is 0.328 e. The fraction of sp³-hybridized carbons (Fsp3) is 0.292. The molecule has 2 aliphatic heterocycles. The first-order chi connectivity index (χ1) is 15.8. The molecule has 1 unspecified atom stereocenters. The summed E-state index contributed by atoms with van der Waals surface area (Å²) in [6, 6.07) is 13.4. The summed E-state index contributed by atoms with van der Waals surface area (Å²) >= 11 is 7.18. The highest BCUT2D eigenvalue weighted by molar-refractivity contribution is 7.19. The molecule has 1 saturated heterocycles. The van der Waals surface area contributed by atoms with Crippen molar-refractivity contribution in [2.45, 2.75) is 25.7 Å². The zero-order valence-corrected chi connectivity index (χ0v) is 19.9. The van der Waals surface area contributed by atoms with Gasteiger partial charge in [-0.05, 0) is 48.7 Å². The normalized spacial score (nSPS) is 19.1. The van der Waals surface area contributed by atoms with E-state index < -0.39 is 0 Å². The molecule has 2 aromatic carbocycles. The lowest BCUT2D eigenvalue weighted by atomic mass is 9.81. The smallest absolute Gasteiger partial charge is 0.328 e. The minimum Gasteiger partial charge on any atom is -0.457 e. The van der Waals surface area contributed by atoms with E-state index in [1.807, 2.05) is 54.3 Å². The summed E-state index contributed by atoms with van der Waals surface area (Å²) in [5.41, 5.74) is 2.53. The molecule has 0 saturated carbocycles. The number of carbonyl (C=O) groups excluding carboxylic acids is 2. The number of carbonyl (C=O) groups is 2. The van der Waals surface area contributed by atoms with Crippen molar-refractivity contribution < 1.29 is 14.3 Å². The number of para-hydroxylation sites is 1. The molecule has 3 aromatic rings. The first kappa shape index (κ1) is 21.7. The summed E-state index contributed by atoms with van der Waals surface area (Å²) in [7, 11) is 0. The van der Waals surface area contributed by atoms with Gasteiger partial charge < -0.3 is 9.64 Å². The van der Waals surface area contributed by atoms with Crippen LogP contribution in [0, 0.1) is 6.92 Å². The number of anilines is 2. The number of aryl methyl sites for hydroxylation is 1. The van der Waals surface area contributed by atoms with E-state index >= 15 is 0 Å². The van der Waals surface area contributed by atoms with Crippen LogP contribution in [0.4, 0.5) is 15.6 Å². The van der Waals surface area contributed by atoms with Crippen LogP contribution in [0.2, 0.25) is 4.34 Å². The molecule has 0 bridgehead atoms. The molecular weight excluding hydrogens is 460 g/mol. The first-order valence-electron chi connectivity index (χ1n) is 10.7. The van der Waals surface area contributed by atoms with Crippen molar-refractivity contribution >= 4 is 45.7 Å². The van der Waals surface area contributed by atoms with Gasteiger partial charge in [0, 0.05) is 37.7 Å². The Morgan fingerprint density at radius 1 is 1.21 bits per heavy atom. The third-order valence-corrected chi connectivity index (χ3v) is 7.38. The number of hydrogen-bond acceptors (Lipinski definition) is 5. The number of benzene rings is 2. The standard InChI is InChI=1S/C24H23ClN4O3S/c1-15-5-3-4-6-20(15)32-17-7-8-19-18(11-17)24(9-10-28(13-24)16(2)30)14-29(19)23(31)27-22-26-12-21(25)33-22/h3-8,11-12H,9-10,13-14H2,1-2H3,(H,26,27,31). The van der Waals surface area contributed by atoms with E-state index in [0.717, 1.165) is 29.0 Å². The second-order valence-electron chi connectivity index (χ2n) is 8.50. The topological polar surface area (TPSA) is 74.8 Å². The molecule has 33 heavy (non-hydrogen) atoms. The molecule has 1 spiro atoms. The van der Waals surface area contributed by atoms with E-state index in [2.05, 4.69) is 10.3 Å². The van der Waals surface area contributed by atoms with E-state index in [-0.39, 0.29) is 17.4 Å². The number of nitrogens with one attached hydrogen (secondary N) is 1. The molecule has 5 rings (SSSR count). The van der Waals surface area contributed by atoms with Crippen LogP contribution in [0.1, 0.15) is 24.5 Å². The molecular formula is C24H23ClN4O3S. The second-order valence-corrected chi connectivity index (χ2v) is 10.2. The Kier molecular flexibility index (Phi) is 5.50. The molecule has 170 valence electrons. The Morgan fingerprint density at radius 3 is 2.73 bits per heavy atom. The van der Waals surface area contributed by atoms with Gasteiger partial charge in [0.25, 0.3) is 0 Å². The van der Waals surface area contributed by atoms with E-state index in [9.17, 15) is 9.59 Å². The van der Waals surface area contributed by atoms with Gasteiger partial charge in [0.05, 0.1) is 6.20 Å². The summed E-state index contributed by atoms with van der Waals surface area (Å²) in [5, 5.41) is 3.29. The molecule has 1 N–H and O–H groups in total. The highest BCUT2D eigenvalue weighted by atomic mass is 35.5. The largest absolute Gasteiger partial charge is 0.457 e. The molecule has 2 aliphatic rings. The number of ether oxygens (including phenoxy) is 1. The van der Waals surface area contributed by atoms with Crippen molar-refractivity contribution in [1.82, 2.24) is 9.88 Å². The summed E-state index contributed by atoms with van der Waals surface area (Å²) in [5.74, 6) is 1.54. The van der Waals surface area contributed by atoms with Crippen LogP contribution < -0.4 is 15.0 Å². The molecule has 1 aromatic heterocycles. The lowest BCUT2D eigenvalue weighted by Crippen LogP contribution is -2.41. The highest BCUT2D eigenvalue weighted by Gasteiger charge is 2.49. The van der Waals surface area contributed by atoms with Crippen molar-refractivity contribution in [1.29, 1.82) is 0 Å². The van der Waals surface area contributed by atoms with Crippen LogP contribution in [0.15, 0.2) is 48.7 Å². The van der Waals surface area contributed by atoms with Gasteiger partial charge in [0.15, 0.2) is 5.13 Å². The van der Waals surface area contributed by atoms with Crippen LogP contribution in [0.25, 0.3) is 0 Å². The van der Waals surface area contributed by atoms with E-state index in [1.54, 1.807) is 11.8 Å². The van der Waals surface area contributed by atoms with E-state index in [4.69, 9.17) is 16.3 Å². The SMILES string of the molecule is CC(=O)N1CCC2(C1)CN(C(=O)Nc1ncc(Cl)s1)c1ccc(Oc3ccccc3C)cc12. The zero-order chi connectivity index (χ0) is 23.2. The van der Waals surface area contributed by atoms with E-state index in [0.29, 0.717) is 34.9 Å². The predicted molar refractivity (Wildman–Crippen MR) is 130 cm³/mol. The molecule has 3 heterocycles.